The van der Waals surface area contributed by atoms with Crippen molar-refractivity contribution in [3.05, 3.63) is 24.3 Å². The predicted molar refractivity (Wildman–Crippen MR) is 206 cm³/mol. The van der Waals surface area contributed by atoms with E-state index in [1.54, 1.807) is 4.90 Å². The Morgan fingerprint density at radius 3 is 2.15 bits per heavy atom. The van der Waals surface area contributed by atoms with Crippen molar-refractivity contribution in [3.8, 4) is 0 Å². The van der Waals surface area contributed by atoms with Crippen molar-refractivity contribution in [1.29, 1.82) is 0 Å². The minimum Gasteiger partial charge on any atom is -0.346 e. The van der Waals surface area contributed by atoms with Crippen LogP contribution in [0, 0.1) is 28.1 Å². The first-order valence-electron chi connectivity index (χ1n) is 19.9. The van der Waals surface area contributed by atoms with Crippen LogP contribution in [0.4, 0.5) is 4.79 Å². The van der Waals surface area contributed by atoms with Crippen LogP contribution in [0.15, 0.2) is 24.3 Å². The van der Waals surface area contributed by atoms with E-state index in [2.05, 4.69) is 41.7 Å². The fourth-order valence-corrected chi connectivity index (χ4v) is 8.41. The highest BCUT2D eigenvalue weighted by Crippen LogP contribution is 2.51. The molecule has 2 saturated heterocycles. The predicted octanol–water partition coefficient (Wildman–Crippen LogP) is 4.16. The summed E-state index contributed by atoms with van der Waals surface area (Å²) >= 11 is 0. The lowest BCUT2D eigenvalue weighted by Crippen LogP contribution is -2.61. The number of piperidine rings is 1. The number of hydrogen-bond donors (Lipinski definition) is 4. The molecule has 2 heterocycles. The third-order valence-corrected chi connectivity index (χ3v) is 11.7. The molecule has 0 radical (unpaired) electrons. The Bertz CT molecular complexity index is 1500. The number of Topliss-reactive ketones (excluding diaryl/α,β-unsaturated/α-hetero) is 1. The largest absolute Gasteiger partial charge is 0.346 e. The number of allylic oxidation sites excluding steroid dienone is 1. The van der Waals surface area contributed by atoms with Crippen LogP contribution in [0.5, 0.6) is 0 Å². The van der Waals surface area contributed by atoms with Crippen LogP contribution in [-0.4, -0.2) is 95.0 Å². The zero-order chi connectivity index (χ0) is 40.2. The van der Waals surface area contributed by atoms with Gasteiger partial charge in [-0.25, -0.2) is 4.79 Å². The van der Waals surface area contributed by atoms with Crippen molar-refractivity contribution in [2.45, 2.75) is 144 Å². The van der Waals surface area contributed by atoms with Gasteiger partial charge >= 0.3 is 6.03 Å². The van der Waals surface area contributed by atoms with Crippen LogP contribution in [0.25, 0.3) is 0 Å². The van der Waals surface area contributed by atoms with Crippen LogP contribution < -0.4 is 21.3 Å². The number of likely N-dealkylation sites (tertiary alicyclic amines) is 2. The van der Waals surface area contributed by atoms with E-state index in [0.29, 0.717) is 6.42 Å². The van der Waals surface area contributed by atoms with Crippen LogP contribution in [-0.2, 0) is 28.8 Å². The van der Waals surface area contributed by atoms with E-state index in [4.69, 9.17) is 0 Å². The standard InChI is InChI=1S/C41H64N6O7/c1-10-12-18-28(34(50)36(52)42-19-11-2)43-35(51)33-26-20-41(8,9)27(26)23-47(33)37(53)32(25-16-14-13-15-17-25)45-38(54)44-29(39(3,4)5)24-46-30(48)21-40(6,7)22-31(46)49/h11,20,25,27-29,32-33H,2,10,12-19,21-24H2,1,3-9H3,(H,42,52)(H,43,51)(H2,44,45,54)/t27-,28?,29+,32-,33-/m0/s1. The number of fused-ring (bicyclic) bond motifs is 1. The van der Waals surface area contributed by atoms with E-state index < -0.39 is 58.6 Å². The summed E-state index contributed by atoms with van der Waals surface area (Å²) in [6.45, 7) is 19.6. The van der Waals surface area contributed by atoms with Crippen molar-refractivity contribution in [2.24, 2.45) is 28.1 Å². The summed E-state index contributed by atoms with van der Waals surface area (Å²) in [6, 6.07) is -4.20. The molecule has 0 aromatic carbocycles. The number of nitrogens with one attached hydrogen (secondary N) is 4. The molecule has 2 aliphatic carbocycles. The van der Waals surface area contributed by atoms with Gasteiger partial charge in [-0.1, -0.05) is 99.6 Å². The van der Waals surface area contributed by atoms with E-state index in [1.807, 2.05) is 47.6 Å². The van der Waals surface area contributed by atoms with Gasteiger partial charge in [-0.2, -0.15) is 0 Å². The molecule has 5 atom stereocenters. The van der Waals surface area contributed by atoms with Gasteiger partial charge in [0.2, 0.25) is 29.4 Å². The fourth-order valence-electron chi connectivity index (χ4n) is 8.41. The lowest BCUT2D eigenvalue weighted by Gasteiger charge is -2.40. The smallest absolute Gasteiger partial charge is 0.315 e. The van der Waals surface area contributed by atoms with Gasteiger partial charge in [-0.15, -0.1) is 6.58 Å². The minimum absolute atomic E-state index is 0.00945. The van der Waals surface area contributed by atoms with Crippen molar-refractivity contribution >= 4 is 41.4 Å². The second kappa shape index (κ2) is 17.2. The number of nitrogens with zero attached hydrogens (tertiary/aromatic N) is 2. The summed E-state index contributed by atoms with van der Waals surface area (Å²) in [5.74, 6) is -3.28. The molecular weight excluding hydrogens is 688 g/mol. The first-order chi connectivity index (χ1) is 25.2. The summed E-state index contributed by atoms with van der Waals surface area (Å²) in [5.41, 5.74) is -0.447. The summed E-state index contributed by atoms with van der Waals surface area (Å²) in [7, 11) is 0. The fraction of sp³-hybridized carbons (Fsp3) is 0.732. The van der Waals surface area contributed by atoms with E-state index in [0.717, 1.165) is 44.1 Å². The molecule has 1 saturated carbocycles. The summed E-state index contributed by atoms with van der Waals surface area (Å²) in [6.07, 6.45) is 9.83. The molecule has 0 spiro atoms. The SMILES string of the molecule is C=CCNC(=O)C(=O)C(CCCC)NC(=O)[C@@H]1C2=CC(C)(C)[C@H]2CN1C(=O)[C@@H](NC(=O)N[C@H](CN1C(=O)CC(C)(C)CC1=O)C(C)(C)C)C1CCCCC1. The maximum absolute atomic E-state index is 14.8. The number of rotatable bonds is 15. The van der Waals surface area contributed by atoms with Crippen molar-refractivity contribution < 1.29 is 33.6 Å². The molecular formula is C41H64N6O7. The maximum Gasteiger partial charge on any atom is 0.315 e. The number of amides is 7. The van der Waals surface area contributed by atoms with Gasteiger partial charge in [-0.3, -0.25) is 33.7 Å². The van der Waals surface area contributed by atoms with E-state index in [-0.39, 0.29) is 73.9 Å². The van der Waals surface area contributed by atoms with Gasteiger partial charge in [-0.05, 0) is 47.0 Å². The molecule has 4 aliphatic rings. The zero-order valence-electron chi connectivity index (χ0n) is 33.8. The molecule has 7 amide bonds. The monoisotopic (exact) mass is 752 g/mol. The Balaban J connectivity index is 1.59. The normalized spacial score (nSPS) is 23.9. The second-order valence-corrected chi connectivity index (χ2v) is 18.3. The third kappa shape index (κ3) is 9.98. The number of carbonyl (C=O) groups excluding carboxylic acids is 7. The molecule has 4 rings (SSSR count). The molecule has 2 aliphatic heterocycles. The number of hydrogen-bond acceptors (Lipinski definition) is 7. The first kappa shape index (κ1) is 42.7. The Kier molecular flexibility index (Phi) is 13.6. The van der Waals surface area contributed by atoms with Gasteiger partial charge in [0.05, 0.1) is 12.1 Å². The molecule has 0 aromatic heterocycles. The van der Waals surface area contributed by atoms with Gasteiger partial charge in [0.1, 0.15) is 12.1 Å². The van der Waals surface area contributed by atoms with Crippen LogP contribution in [0.3, 0.4) is 0 Å². The minimum atomic E-state index is -1.07. The molecule has 13 heteroatoms. The van der Waals surface area contributed by atoms with Crippen LogP contribution >= 0.6 is 0 Å². The molecule has 3 fully saturated rings. The molecule has 13 nitrogen and oxygen atoms in total. The average molecular weight is 753 g/mol. The number of urea groups is 1. The zero-order valence-corrected chi connectivity index (χ0v) is 33.8. The number of unbranched alkanes of at least 4 members (excludes halogenated alkanes) is 1. The molecule has 0 bridgehead atoms. The number of ketones is 1. The summed E-state index contributed by atoms with van der Waals surface area (Å²) < 4.78 is 0. The highest BCUT2D eigenvalue weighted by atomic mass is 16.2. The first-order valence-corrected chi connectivity index (χ1v) is 19.9. The van der Waals surface area contributed by atoms with Crippen LogP contribution in [0.1, 0.15) is 120 Å². The topological polar surface area (TPSA) is 174 Å². The van der Waals surface area contributed by atoms with Crippen molar-refractivity contribution in [2.75, 3.05) is 19.6 Å². The van der Waals surface area contributed by atoms with Crippen molar-refractivity contribution in [3.63, 3.8) is 0 Å². The quantitative estimate of drug-likeness (QED) is 0.110. The van der Waals surface area contributed by atoms with E-state index in [1.165, 1.54) is 11.0 Å². The van der Waals surface area contributed by atoms with Gasteiger partial charge in [0.15, 0.2) is 0 Å². The molecule has 300 valence electrons. The Morgan fingerprint density at radius 1 is 0.963 bits per heavy atom. The van der Waals surface area contributed by atoms with Crippen LogP contribution in [0.2, 0.25) is 0 Å². The molecule has 1 unspecified atom stereocenters. The maximum atomic E-state index is 14.8. The van der Waals surface area contributed by atoms with E-state index in [9.17, 15) is 33.6 Å². The second-order valence-electron chi connectivity index (χ2n) is 18.3. The van der Waals surface area contributed by atoms with Gasteiger partial charge in [0.25, 0.3) is 5.91 Å². The van der Waals surface area contributed by atoms with E-state index >= 15 is 0 Å². The molecule has 0 aromatic rings. The highest BCUT2D eigenvalue weighted by Gasteiger charge is 2.55. The van der Waals surface area contributed by atoms with Crippen molar-refractivity contribution in [1.82, 2.24) is 31.1 Å². The molecule has 4 N–H and O–H groups in total. The lowest BCUT2D eigenvalue weighted by atomic mass is 9.64. The number of carbonyl (C=O) groups is 7. The van der Waals surface area contributed by atoms with Gasteiger partial charge < -0.3 is 26.2 Å². The third-order valence-electron chi connectivity index (χ3n) is 11.7. The number of imide groups is 1. The Labute approximate surface area is 321 Å². The molecule has 54 heavy (non-hydrogen) atoms. The Morgan fingerprint density at radius 2 is 1.59 bits per heavy atom. The average Bonchev–Trinajstić information content (AvgIpc) is 3.42. The summed E-state index contributed by atoms with van der Waals surface area (Å²) in [5, 5.41) is 11.3. The highest BCUT2D eigenvalue weighted by molar-refractivity contribution is 6.38. The summed E-state index contributed by atoms with van der Waals surface area (Å²) in [4.78, 5) is 97.8. The van der Waals surface area contributed by atoms with Gasteiger partial charge in [0, 0.05) is 38.4 Å². The Hall–Kier alpha value is -4.03. The lowest BCUT2D eigenvalue weighted by molar-refractivity contribution is -0.153.